The number of halogens is 11. The third kappa shape index (κ3) is 21.7. The minimum absolute atomic E-state index is 0.0340. The van der Waals surface area contributed by atoms with Crippen LogP contribution in [0.3, 0.4) is 0 Å². The number of nitrogens with one attached hydrogen (secondary N) is 2. The largest absolute Gasteiger partial charge is 0.444 e. The molecule has 4 aliphatic heterocycles. The quantitative estimate of drug-likeness (QED) is 0.0849. The van der Waals surface area contributed by atoms with E-state index >= 15 is 0 Å². The molecule has 4 saturated heterocycles. The fraction of sp³-hybridized carbons (Fsp3) is 0.271. The average Bonchev–Trinajstić information content (AvgIpc) is 1.62. The summed E-state index contributed by atoms with van der Waals surface area (Å²) in [6, 6.07) is 24.1. The number of sulfonamides is 3. The summed E-state index contributed by atoms with van der Waals surface area (Å²) in [6.45, 7) is -0.562. The monoisotopic (exact) mass is 1750 g/mol. The van der Waals surface area contributed by atoms with E-state index in [1.165, 1.54) is 87.4 Å². The van der Waals surface area contributed by atoms with Crippen molar-refractivity contribution in [2.45, 2.75) is 50.5 Å². The molecule has 4 fully saturated rings. The number of likely N-dealkylation sites (N-methyl/N-ethyl adjacent to an activating group) is 4. The van der Waals surface area contributed by atoms with Gasteiger partial charge in [0.05, 0.1) is 64.1 Å². The van der Waals surface area contributed by atoms with Gasteiger partial charge in [0.25, 0.3) is 23.6 Å². The minimum atomic E-state index is -4.77. The number of anilines is 5. The number of amides is 14. The van der Waals surface area contributed by atoms with E-state index in [2.05, 4.69) is 15.6 Å². The maximum Gasteiger partial charge on any atom is 0.419 e. The lowest BCUT2D eigenvalue weighted by Crippen LogP contribution is -2.49. The molecule has 0 radical (unpaired) electrons. The molecule has 1 aromatic heterocycles. The third-order valence-corrected chi connectivity index (χ3v) is 21.6. The number of pyridine rings is 1. The molecule has 614 valence electrons. The van der Waals surface area contributed by atoms with E-state index in [0.717, 1.165) is 75.4 Å². The van der Waals surface area contributed by atoms with Crippen molar-refractivity contribution in [1.29, 1.82) is 0 Å². The van der Waals surface area contributed by atoms with Crippen LogP contribution in [0.15, 0.2) is 146 Å². The maximum absolute atomic E-state index is 13.5. The summed E-state index contributed by atoms with van der Waals surface area (Å²) in [5, 5.41) is 3.94. The molecule has 115 heavy (non-hydrogen) atoms. The maximum atomic E-state index is 13.5. The van der Waals surface area contributed by atoms with Gasteiger partial charge in [-0.15, -0.1) is 0 Å². The van der Waals surface area contributed by atoms with Gasteiger partial charge in [0.15, 0.2) is 0 Å². The Kier molecular flexibility index (Phi) is 28.4. The van der Waals surface area contributed by atoms with Crippen molar-refractivity contribution >= 4 is 165 Å². The predicted molar refractivity (Wildman–Crippen MR) is 405 cm³/mol. The van der Waals surface area contributed by atoms with Gasteiger partial charge < -0.3 is 39.7 Å². The Morgan fingerprint density at radius 2 is 0.843 bits per heavy atom. The molecular weight excluding hydrogens is 1680 g/mol. The zero-order chi connectivity index (χ0) is 85.4. The van der Waals surface area contributed by atoms with Crippen LogP contribution in [0.4, 0.5) is 88.1 Å². The van der Waals surface area contributed by atoms with Crippen molar-refractivity contribution in [1.82, 2.24) is 38.3 Å². The van der Waals surface area contributed by atoms with Gasteiger partial charge in [-0.2, -0.15) is 13.2 Å². The highest BCUT2D eigenvalue weighted by Gasteiger charge is 2.52. The Labute approximate surface area is 672 Å². The normalized spacial score (nSPS) is 16.8. The topological polar surface area (TPSA) is 361 Å². The summed E-state index contributed by atoms with van der Waals surface area (Å²) in [5.74, 6) is -5.94. The highest BCUT2D eigenvalue weighted by Crippen LogP contribution is 2.36. The van der Waals surface area contributed by atoms with Crippen LogP contribution in [0.2, 0.25) is 20.1 Å². The van der Waals surface area contributed by atoms with Crippen LogP contribution < -0.4 is 35.1 Å². The molecule has 0 unspecified atom stereocenters. The zero-order valence-electron chi connectivity index (χ0n) is 61.1. The van der Waals surface area contributed by atoms with Crippen LogP contribution in [0.5, 0.6) is 0 Å². The Bertz CT molecular complexity index is 5340. The van der Waals surface area contributed by atoms with Gasteiger partial charge in [-0.05, 0) is 103 Å². The fourth-order valence-corrected chi connectivity index (χ4v) is 14.1. The van der Waals surface area contributed by atoms with Gasteiger partial charge in [-0.1, -0.05) is 107 Å². The number of alkyl halides is 3. The number of imide groups is 2. The minimum Gasteiger partial charge on any atom is -0.444 e. The molecule has 11 rings (SSSR count). The van der Waals surface area contributed by atoms with Crippen molar-refractivity contribution in [2.75, 3.05) is 97.6 Å². The first-order valence-electron chi connectivity index (χ1n) is 33.0. The van der Waals surface area contributed by atoms with Crippen LogP contribution in [0.1, 0.15) is 22.4 Å². The number of rotatable bonds is 16. The lowest BCUT2D eigenvalue weighted by atomic mass is 10.2. The summed E-state index contributed by atoms with van der Waals surface area (Å²) in [4.78, 5) is 136. The number of aromatic nitrogens is 1. The molecule has 31 nitrogen and oxygen atoms in total. The lowest BCUT2D eigenvalue weighted by molar-refractivity contribution is -0.137. The first kappa shape index (κ1) is 89.4. The molecule has 45 heteroatoms. The molecule has 0 aliphatic carbocycles. The zero-order valence-corrected chi connectivity index (χ0v) is 66.5. The molecular formula is C70H66Cl4F7N13O18S3. The van der Waals surface area contributed by atoms with E-state index in [4.69, 9.17) is 55.9 Å². The van der Waals surface area contributed by atoms with Crippen LogP contribution in [0.25, 0.3) is 0 Å². The summed E-state index contributed by atoms with van der Waals surface area (Å²) >= 11 is 22.9. The Balaban J connectivity index is 0.000000194. The number of carbonyl (C=O) groups excluding carboxylic acids is 10. The number of aryl methyl sites for hydroxylation is 1. The van der Waals surface area contributed by atoms with E-state index in [9.17, 15) is 104 Å². The van der Waals surface area contributed by atoms with Gasteiger partial charge in [-0.25, -0.2) is 99.3 Å². The Morgan fingerprint density at radius 1 is 0.478 bits per heavy atom. The van der Waals surface area contributed by atoms with Crippen molar-refractivity contribution in [2.24, 2.45) is 0 Å². The van der Waals surface area contributed by atoms with E-state index in [1.54, 1.807) is 54.6 Å². The molecule has 7 aromatic rings. The van der Waals surface area contributed by atoms with Crippen molar-refractivity contribution in [3.8, 4) is 0 Å². The van der Waals surface area contributed by atoms with Gasteiger partial charge in [0.2, 0.25) is 30.1 Å². The average molecular weight is 1750 g/mol. The van der Waals surface area contributed by atoms with Crippen LogP contribution in [-0.2, 0) is 78.1 Å². The SMILES string of the molecule is CN(C(=O)[C@@H]1CN(S(C)(=O)=O)C(=O)N1)c1ccc(F)c(Cl)c1.CN(C(=O)[C@@H]1CN(S(C)(=O)=O)C(=O)N1C(=O)OCc1ccccc1)c1ccc(F)c(Cl)c1.CN(C(=O)[C@@H]1CNC(=O)N1C(=O)OCc1ccccc1)c1ccc(F)c(Cl)c1.Cc1cc(C(F)(F)F)cc(N2C(=O)N(S(C)(=O)=O)C[C@H]2C(=O)N(C)c2ccc(F)c(Cl)c2)n1. The van der Waals surface area contributed by atoms with Crippen LogP contribution in [0, 0.1) is 30.2 Å². The van der Waals surface area contributed by atoms with Crippen molar-refractivity contribution in [3.63, 3.8) is 0 Å². The molecule has 4 atom stereocenters. The third-order valence-electron chi connectivity index (χ3n) is 17.1. The number of nitrogens with zero attached hydrogens (tertiary/aromatic N) is 11. The first-order chi connectivity index (χ1) is 53.6. The summed E-state index contributed by atoms with van der Waals surface area (Å²) in [6.07, 6.45) is -4.48. The molecule has 2 N–H and O–H groups in total. The molecule has 5 heterocycles. The highest BCUT2D eigenvalue weighted by molar-refractivity contribution is 7.89. The van der Waals surface area contributed by atoms with Crippen LogP contribution >= 0.6 is 46.4 Å². The summed E-state index contributed by atoms with van der Waals surface area (Å²) in [7, 11) is -6.51. The smallest absolute Gasteiger partial charge is 0.419 e. The second-order valence-electron chi connectivity index (χ2n) is 25.2. The number of benzene rings is 6. The van der Waals surface area contributed by atoms with Gasteiger partial charge in [-0.3, -0.25) is 24.1 Å². The van der Waals surface area contributed by atoms with Gasteiger partial charge in [0.1, 0.15) is 66.5 Å². The predicted octanol–water partition coefficient (Wildman–Crippen LogP) is 10.2. The molecule has 0 saturated carbocycles. The van der Waals surface area contributed by atoms with Gasteiger partial charge in [0, 0.05) is 63.2 Å². The standard InChI is InChI=1S/C20H19ClFN3O6S.C19H17ClF4N4O4S.C19H17ClFN3O4.C12H13ClFN3O4S/c1-23(14-8-9-16(22)15(21)10-14)18(26)17-11-24(32(2,29)30)19(27)25(17)20(28)31-12-13-6-4-3-5-7-13;1-10-6-11(19(22,23)24)7-16(25-10)28-15(9-27(18(28)30)33(3,31)32)17(29)26(2)12-4-5-14(21)13(20)8-12;1-23(13-7-8-15(21)14(20)9-13)17(25)16-10-22-18(26)24(16)19(27)28-11-12-5-3-2-4-6-12;1-16(7-3-4-9(14)8(13)5-7)11(18)10-6-17(12(19)15-10)22(2,20)21/h3-10,17H,11-12H2,1-2H3;4-8,15H,9H2,1-3H3;2-9,16H,10-11H2,1H3,(H,22,26);3-5,10H,6H2,1-2H3,(H,15,19)/t17-;15-;16-;10-/m0000/s1. The Hall–Kier alpha value is -11.1. The fourth-order valence-electron chi connectivity index (χ4n) is 11.1. The second kappa shape index (κ2) is 36.6. The highest BCUT2D eigenvalue weighted by atomic mass is 35.5. The van der Waals surface area contributed by atoms with Crippen LogP contribution in [-0.4, -0.2) is 210 Å². The number of hydrogen-bond donors (Lipinski definition) is 2. The number of ether oxygens (including phenoxy) is 2. The van der Waals surface area contributed by atoms with Crippen molar-refractivity contribution in [3.05, 3.63) is 211 Å². The second-order valence-corrected chi connectivity index (χ2v) is 32.6. The number of carbonyl (C=O) groups is 10. The molecule has 0 bridgehead atoms. The molecule has 0 spiro atoms. The summed E-state index contributed by atoms with van der Waals surface area (Å²) < 4.78 is 176. The number of urea groups is 4. The molecule has 14 amide bonds. The lowest BCUT2D eigenvalue weighted by Gasteiger charge is -2.27. The molecule has 4 aliphatic rings. The van der Waals surface area contributed by atoms with E-state index < -0.39 is 168 Å². The number of hydrogen-bond acceptors (Lipinski definition) is 19. The van der Waals surface area contributed by atoms with Crippen molar-refractivity contribution < 1.29 is 113 Å². The van der Waals surface area contributed by atoms with E-state index in [0.29, 0.717) is 45.7 Å². The van der Waals surface area contributed by atoms with E-state index in [-0.39, 0.29) is 63.5 Å². The first-order valence-corrected chi connectivity index (χ1v) is 40.0. The van der Waals surface area contributed by atoms with Gasteiger partial charge >= 0.3 is 42.5 Å². The summed E-state index contributed by atoms with van der Waals surface area (Å²) in [5.41, 5.74) is 1.10. The molecule has 6 aromatic carbocycles. The Morgan fingerprint density at radius 3 is 1.23 bits per heavy atom. The van der Waals surface area contributed by atoms with E-state index in [1.807, 2.05) is 6.07 Å².